The first kappa shape index (κ1) is 14.9. The van der Waals surface area contributed by atoms with Crippen molar-refractivity contribution in [2.24, 2.45) is 0 Å². The Balaban J connectivity index is 1.79. The molecule has 0 amide bonds. The van der Waals surface area contributed by atoms with Crippen molar-refractivity contribution >= 4 is 38.3 Å². The molecule has 4 heterocycles. The van der Waals surface area contributed by atoms with Gasteiger partial charge in [0, 0.05) is 23.0 Å². The van der Waals surface area contributed by atoms with Crippen LogP contribution < -0.4 is 11.1 Å². The number of hydrogen-bond donors (Lipinski definition) is 2. The first-order valence-corrected chi connectivity index (χ1v) is 9.34. The Morgan fingerprint density at radius 1 is 1.39 bits per heavy atom. The highest BCUT2D eigenvalue weighted by Crippen LogP contribution is 2.38. The molecule has 3 aromatic heterocycles. The Hall–Kier alpha value is -1.66. The van der Waals surface area contributed by atoms with E-state index >= 15 is 0 Å². The van der Waals surface area contributed by atoms with Gasteiger partial charge in [-0.25, -0.2) is 4.98 Å². The van der Waals surface area contributed by atoms with Crippen molar-refractivity contribution in [2.45, 2.75) is 45.1 Å². The van der Waals surface area contributed by atoms with Gasteiger partial charge in [-0.1, -0.05) is 13.3 Å². The second-order valence-electron chi connectivity index (χ2n) is 6.39. The number of aromatic nitrogens is 3. The Labute approximate surface area is 139 Å². The van der Waals surface area contributed by atoms with Gasteiger partial charge in [-0.15, -0.1) is 11.3 Å². The highest BCUT2D eigenvalue weighted by atomic mass is 32.1. The molecule has 5 nitrogen and oxygen atoms in total. The first-order valence-electron chi connectivity index (χ1n) is 8.53. The summed E-state index contributed by atoms with van der Waals surface area (Å²) >= 11 is 1.88. The van der Waals surface area contributed by atoms with E-state index in [0.717, 1.165) is 48.9 Å². The Morgan fingerprint density at radius 3 is 3.00 bits per heavy atom. The standard InChI is InChI=1S/C17H23N5S/c1-2-3-8-22-10-12-15(21-22)17(18)20-13-9-14(23-16(12)13)11-4-6-19-7-5-11/h9-11,19H,2-8H2,1H3,(H2,18,20). The lowest BCUT2D eigenvalue weighted by Crippen LogP contribution is -2.26. The number of nitrogens with one attached hydrogen (secondary N) is 1. The number of thiophene rings is 1. The Kier molecular flexibility index (Phi) is 3.95. The van der Waals surface area contributed by atoms with Crippen LogP contribution >= 0.6 is 11.3 Å². The number of pyridine rings is 1. The van der Waals surface area contributed by atoms with Crippen molar-refractivity contribution < 1.29 is 0 Å². The van der Waals surface area contributed by atoms with Crippen LogP contribution in [-0.4, -0.2) is 27.9 Å². The normalized spacial score (nSPS) is 16.6. The molecule has 4 rings (SSSR count). The van der Waals surface area contributed by atoms with Crippen molar-refractivity contribution in [1.29, 1.82) is 0 Å². The van der Waals surface area contributed by atoms with Gasteiger partial charge in [0.15, 0.2) is 5.82 Å². The summed E-state index contributed by atoms with van der Waals surface area (Å²) in [6, 6.07) is 2.25. The molecule has 1 saturated heterocycles. The van der Waals surface area contributed by atoms with Crippen LogP contribution in [0.25, 0.3) is 21.1 Å². The molecule has 3 aromatic rings. The lowest BCUT2D eigenvalue weighted by atomic mass is 9.96. The number of nitrogens with zero attached hydrogens (tertiary/aromatic N) is 3. The van der Waals surface area contributed by atoms with Gasteiger partial charge < -0.3 is 11.1 Å². The summed E-state index contributed by atoms with van der Waals surface area (Å²) in [5.41, 5.74) is 8.04. The van der Waals surface area contributed by atoms with E-state index < -0.39 is 0 Å². The van der Waals surface area contributed by atoms with Crippen LogP contribution in [0.4, 0.5) is 5.82 Å². The molecule has 0 radical (unpaired) electrons. The maximum absolute atomic E-state index is 6.16. The average Bonchev–Trinajstić information content (AvgIpc) is 3.18. The fraction of sp³-hybridized carbons (Fsp3) is 0.529. The molecule has 0 spiro atoms. The van der Waals surface area contributed by atoms with E-state index in [1.54, 1.807) is 0 Å². The molecule has 1 aliphatic heterocycles. The molecule has 122 valence electrons. The molecule has 0 aliphatic carbocycles. The van der Waals surface area contributed by atoms with E-state index in [2.05, 4.69) is 34.6 Å². The van der Waals surface area contributed by atoms with Crippen molar-refractivity contribution in [1.82, 2.24) is 20.1 Å². The van der Waals surface area contributed by atoms with Crippen LogP contribution in [0.2, 0.25) is 0 Å². The van der Waals surface area contributed by atoms with Gasteiger partial charge in [-0.3, -0.25) is 4.68 Å². The number of unbranched alkanes of at least 4 members (excludes halogenated alkanes) is 1. The predicted molar refractivity (Wildman–Crippen MR) is 97.1 cm³/mol. The molecule has 23 heavy (non-hydrogen) atoms. The zero-order valence-corrected chi connectivity index (χ0v) is 14.3. The third-order valence-electron chi connectivity index (χ3n) is 4.70. The third kappa shape index (κ3) is 2.70. The van der Waals surface area contributed by atoms with E-state index in [-0.39, 0.29) is 0 Å². The SMILES string of the molecule is CCCCn1cc2c(n1)c(N)nc1cc(C3CCNCC3)sc12. The molecular formula is C17H23N5S. The van der Waals surface area contributed by atoms with Crippen molar-refractivity contribution in [2.75, 3.05) is 18.8 Å². The molecule has 3 N–H and O–H groups in total. The first-order chi connectivity index (χ1) is 11.3. The second-order valence-corrected chi connectivity index (χ2v) is 7.48. The van der Waals surface area contributed by atoms with Gasteiger partial charge in [0.2, 0.25) is 0 Å². The summed E-state index contributed by atoms with van der Waals surface area (Å²) in [5, 5.41) is 9.24. The monoisotopic (exact) mass is 329 g/mol. The maximum atomic E-state index is 6.16. The van der Waals surface area contributed by atoms with Crippen molar-refractivity contribution in [3.05, 3.63) is 17.1 Å². The van der Waals surface area contributed by atoms with Crippen LogP contribution in [-0.2, 0) is 6.54 Å². The fourth-order valence-corrected chi connectivity index (χ4v) is 4.65. The number of hydrogen-bond acceptors (Lipinski definition) is 5. The van der Waals surface area contributed by atoms with Gasteiger partial charge >= 0.3 is 0 Å². The number of rotatable bonds is 4. The maximum Gasteiger partial charge on any atom is 0.152 e. The summed E-state index contributed by atoms with van der Waals surface area (Å²) in [6.45, 7) is 5.36. The fourth-order valence-electron chi connectivity index (χ4n) is 3.38. The van der Waals surface area contributed by atoms with E-state index in [1.807, 2.05) is 16.0 Å². The number of piperidine rings is 1. The zero-order valence-electron chi connectivity index (χ0n) is 13.5. The quantitative estimate of drug-likeness (QED) is 0.769. The minimum atomic E-state index is 0.553. The summed E-state index contributed by atoms with van der Waals surface area (Å²) in [6.07, 6.45) is 6.87. The molecule has 0 unspecified atom stereocenters. The largest absolute Gasteiger partial charge is 0.382 e. The van der Waals surface area contributed by atoms with Crippen molar-refractivity contribution in [3.8, 4) is 0 Å². The molecule has 0 atom stereocenters. The summed E-state index contributed by atoms with van der Waals surface area (Å²) in [5.74, 6) is 1.21. The molecule has 1 fully saturated rings. The number of fused-ring (bicyclic) bond motifs is 3. The Morgan fingerprint density at radius 2 is 2.22 bits per heavy atom. The number of anilines is 1. The van der Waals surface area contributed by atoms with Gasteiger partial charge in [0.25, 0.3) is 0 Å². The van der Waals surface area contributed by atoms with Crippen LogP contribution in [0.15, 0.2) is 12.3 Å². The minimum absolute atomic E-state index is 0.553. The topological polar surface area (TPSA) is 68.8 Å². The molecule has 6 heteroatoms. The number of nitrogen functional groups attached to an aromatic ring is 1. The molecular weight excluding hydrogens is 306 g/mol. The highest BCUT2D eigenvalue weighted by molar-refractivity contribution is 7.20. The van der Waals surface area contributed by atoms with E-state index in [0.29, 0.717) is 11.7 Å². The lowest BCUT2D eigenvalue weighted by Gasteiger charge is -2.21. The zero-order chi connectivity index (χ0) is 15.8. The van der Waals surface area contributed by atoms with E-state index in [4.69, 9.17) is 5.73 Å². The van der Waals surface area contributed by atoms with Crippen LogP contribution in [0.3, 0.4) is 0 Å². The molecule has 1 aliphatic rings. The molecule has 0 aromatic carbocycles. The van der Waals surface area contributed by atoms with Crippen LogP contribution in [0.1, 0.15) is 43.4 Å². The van der Waals surface area contributed by atoms with Crippen molar-refractivity contribution in [3.63, 3.8) is 0 Å². The second kappa shape index (κ2) is 6.09. The number of aryl methyl sites for hydroxylation is 1. The van der Waals surface area contributed by atoms with Crippen LogP contribution in [0.5, 0.6) is 0 Å². The summed E-state index contributed by atoms with van der Waals surface area (Å²) < 4.78 is 3.26. The number of nitrogens with two attached hydrogens (primary N) is 1. The minimum Gasteiger partial charge on any atom is -0.382 e. The Bertz CT molecular complexity index is 828. The lowest BCUT2D eigenvalue weighted by molar-refractivity contribution is 0.465. The smallest absolute Gasteiger partial charge is 0.152 e. The third-order valence-corrected chi connectivity index (χ3v) is 6.02. The summed E-state index contributed by atoms with van der Waals surface area (Å²) in [4.78, 5) is 6.06. The van der Waals surface area contributed by atoms with Crippen LogP contribution in [0, 0.1) is 0 Å². The predicted octanol–water partition coefficient (Wildman–Crippen LogP) is 3.50. The average molecular weight is 329 g/mol. The van der Waals surface area contributed by atoms with Gasteiger partial charge in [-0.2, -0.15) is 5.10 Å². The van der Waals surface area contributed by atoms with E-state index in [9.17, 15) is 0 Å². The van der Waals surface area contributed by atoms with E-state index in [1.165, 1.54) is 22.4 Å². The van der Waals surface area contributed by atoms with Gasteiger partial charge in [0.1, 0.15) is 5.52 Å². The molecule has 0 saturated carbocycles. The van der Waals surface area contributed by atoms with Gasteiger partial charge in [-0.05, 0) is 44.3 Å². The summed E-state index contributed by atoms with van der Waals surface area (Å²) in [7, 11) is 0. The van der Waals surface area contributed by atoms with Gasteiger partial charge in [0.05, 0.1) is 10.2 Å². The molecule has 0 bridgehead atoms. The highest BCUT2D eigenvalue weighted by Gasteiger charge is 2.20.